The van der Waals surface area contributed by atoms with E-state index >= 15 is 0 Å². The highest BCUT2D eigenvalue weighted by atomic mass is 15.2. The maximum absolute atomic E-state index is 9.77. The van der Waals surface area contributed by atoms with Gasteiger partial charge in [0, 0.05) is 29.3 Å². The molecule has 2 aliphatic rings. The Morgan fingerprint density at radius 3 is 2.03 bits per heavy atom. The van der Waals surface area contributed by atoms with Crippen LogP contribution in [0.4, 0.5) is 11.4 Å². The lowest BCUT2D eigenvalue weighted by molar-refractivity contribution is 0.556. The summed E-state index contributed by atoms with van der Waals surface area (Å²) in [6.45, 7) is 11.6. The van der Waals surface area contributed by atoms with Crippen molar-refractivity contribution in [3.63, 3.8) is 0 Å². The first kappa shape index (κ1) is 22.8. The molecule has 37 heavy (non-hydrogen) atoms. The molecule has 4 aromatic carbocycles. The van der Waals surface area contributed by atoms with Crippen molar-refractivity contribution in [3.05, 3.63) is 108 Å². The number of fused-ring (bicyclic) bond motifs is 3. The second-order valence-electron chi connectivity index (χ2n) is 12.3. The van der Waals surface area contributed by atoms with Crippen LogP contribution in [0.3, 0.4) is 0 Å². The summed E-state index contributed by atoms with van der Waals surface area (Å²) in [5, 5.41) is 0. The van der Waals surface area contributed by atoms with E-state index in [2.05, 4.69) is 131 Å². The van der Waals surface area contributed by atoms with Gasteiger partial charge in [0.25, 0.3) is 0 Å². The number of hydrogen-bond donors (Lipinski definition) is 0. The predicted molar refractivity (Wildman–Crippen MR) is 159 cm³/mol. The number of anilines is 2. The van der Waals surface area contributed by atoms with Gasteiger partial charge in [-0.1, -0.05) is 106 Å². The Hall–Kier alpha value is -3.32. The molecule has 0 heterocycles. The summed E-state index contributed by atoms with van der Waals surface area (Å²) in [5.74, 6) is -0.569. The summed E-state index contributed by atoms with van der Waals surface area (Å²) in [4.78, 5) is 2.52. The summed E-state index contributed by atoms with van der Waals surface area (Å²) < 4.78 is 9.77. The monoisotopic (exact) mass is 486 g/mol. The topological polar surface area (TPSA) is 3.24 Å². The van der Waals surface area contributed by atoms with E-state index in [4.69, 9.17) is 0 Å². The van der Waals surface area contributed by atoms with Crippen molar-refractivity contribution in [1.29, 1.82) is 0 Å². The highest BCUT2D eigenvalue weighted by molar-refractivity contribution is 5.89. The molecule has 0 bridgehead atoms. The first-order valence-electron chi connectivity index (χ1n) is 14.3. The van der Waals surface area contributed by atoms with Crippen LogP contribution in [0.25, 0.3) is 22.3 Å². The van der Waals surface area contributed by atoms with Gasteiger partial charge in [-0.05, 0) is 85.0 Å². The zero-order chi connectivity index (χ0) is 26.7. The molecule has 188 valence electrons. The van der Waals surface area contributed by atoms with Crippen molar-refractivity contribution in [3.8, 4) is 22.3 Å². The minimum Gasteiger partial charge on any atom is -0.335 e. The van der Waals surface area contributed by atoms with Gasteiger partial charge in [-0.2, -0.15) is 0 Å². The van der Waals surface area contributed by atoms with E-state index in [9.17, 15) is 1.37 Å². The van der Waals surface area contributed by atoms with Crippen LogP contribution < -0.4 is 4.90 Å². The third-order valence-electron chi connectivity index (χ3n) is 8.43. The zero-order valence-corrected chi connectivity index (χ0v) is 22.9. The van der Waals surface area contributed by atoms with Crippen LogP contribution in [0, 0.1) is 0 Å². The van der Waals surface area contributed by atoms with E-state index in [0.717, 1.165) is 25.7 Å². The van der Waals surface area contributed by atoms with Crippen LogP contribution in [0.15, 0.2) is 91.0 Å². The van der Waals surface area contributed by atoms with Crippen molar-refractivity contribution in [1.82, 2.24) is 0 Å². The van der Waals surface area contributed by atoms with E-state index in [1.165, 1.54) is 50.3 Å². The molecule has 0 saturated heterocycles. The molecule has 1 saturated carbocycles. The van der Waals surface area contributed by atoms with Gasteiger partial charge >= 0.3 is 0 Å². The maximum Gasteiger partial charge on any atom is 0.0495 e. The van der Waals surface area contributed by atoms with Crippen LogP contribution in [0.1, 0.15) is 84.3 Å². The fourth-order valence-corrected chi connectivity index (χ4v) is 6.66. The van der Waals surface area contributed by atoms with Crippen LogP contribution in [-0.4, -0.2) is 5.54 Å². The second kappa shape index (κ2) is 8.91. The molecule has 2 aliphatic carbocycles. The summed E-state index contributed by atoms with van der Waals surface area (Å²) in [7, 11) is 0. The second-order valence-corrected chi connectivity index (χ2v) is 12.3. The smallest absolute Gasteiger partial charge is 0.0495 e. The molecule has 0 amide bonds. The van der Waals surface area contributed by atoms with Gasteiger partial charge in [0.15, 0.2) is 0 Å². The molecule has 1 nitrogen and oxygen atoms in total. The lowest BCUT2D eigenvalue weighted by atomic mass is 9.80. The third-order valence-corrected chi connectivity index (χ3v) is 8.43. The van der Waals surface area contributed by atoms with E-state index in [0.29, 0.717) is 0 Å². The number of nitrogens with zero attached hydrogens (tertiary/aromatic N) is 1. The molecule has 0 spiro atoms. The Morgan fingerprint density at radius 2 is 1.32 bits per heavy atom. The molecule has 6 rings (SSSR count). The molecule has 0 atom stereocenters. The van der Waals surface area contributed by atoms with Gasteiger partial charge in [0.1, 0.15) is 0 Å². The number of benzene rings is 4. The molecule has 0 aromatic heterocycles. The molecule has 0 N–H and O–H groups in total. The van der Waals surface area contributed by atoms with Crippen molar-refractivity contribution in [2.75, 3.05) is 4.90 Å². The average molecular weight is 487 g/mol. The Bertz CT molecular complexity index is 1490. The lowest BCUT2D eigenvalue weighted by Gasteiger charge is -2.41. The molecule has 0 aliphatic heterocycles. The Morgan fingerprint density at radius 1 is 0.703 bits per heavy atom. The van der Waals surface area contributed by atoms with Gasteiger partial charge in [-0.25, -0.2) is 0 Å². The molecular formula is C36H39N. The molecule has 1 fully saturated rings. The summed E-state index contributed by atoms with van der Waals surface area (Å²) >= 11 is 0. The first-order chi connectivity index (χ1) is 18.1. The Balaban J connectivity index is 1.67. The quantitative estimate of drug-likeness (QED) is 0.277. The minimum absolute atomic E-state index is 0.0807. The SMILES string of the molecule is [2H]C1(c2cc3c(cc2N(c2ccccc2-c2ccccc2)C(C)(C)C)-c2ccccc2C3(C)C)CCCC1. The van der Waals surface area contributed by atoms with E-state index < -0.39 is 5.89 Å². The molecular weight excluding hydrogens is 446 g/mol. The van der Waals surface area contributed by atoms with Crippen molar-refractivity contribution < 1.29 is 1.37 Å². The fraction of sp³-hybridized carbons (Fsp3) is 0.333. The minimum atomic E-state index is -0.569. The van der Waals surface area contributed by atoms with Crippen LogP contribution >= 0.6 is 0 Å². The summed E-state index contributed by atoms with van der Waals surface area (Å²) in [6.07, 6.45) is 4.09. The molecule has 1 heteroatoms. The standard InChI is InChI=1S/C36H39N/c1-35(2,3)37(33-22-14-12-19-27(33)25-15-7-6-8-16-25)34-24-30-28-20-11-13-21-31(28)36(4,5)32(30)23-29(34)26-17-9-10-18-26/h6-8,11-16,19-24,26H,9-10,17-18H2,1-5H3/i26D. The van der Waals surface area contributed by atoms with E-state index in [1.54, 1.807) is 0 Å². The summed E-state index contributed by atoms with van der Waals surface area (Å²) in [5.41, 5.74) is 11.1. The Labute approximate surface area is 224 Å². The number of hydrogen-bond acceptors (Lipinski definition) is 1. The third kappa shape index (κ3) is 4.00. The fourth-order valence-electron chi connectivity index (χ4n) is 6.66. The van der Waals surface area contributed by atoms with Gasteiger partial charge in [0.05, 0.1) is 0 Å². The maximum atomic E-state index is 9.77. The molecule has 4 aromatic rings. The highest BCUT2D eigenvalue weighted by Gasteiger charge is 2.39. The van der Waals surface area contributed by atoms with Gasteiger partial charge in [-0.15, -0.1) is 0 Å². The van der Waals surface area contributed by atoms with Crippen LogP contribution in [-0.2, 0) is 5.41 Å². The highest BCUT2D eigenvalue weighted by Crippen LogP contribution is 2.54. The van der Waals surface area contributed by atoms with Gasteiger partial charge in [0.2, 0.25) is 0 Å². The normalized spacial score (nSPS) is 17.7. The number of rotatable bonds is 4. The molecule has 0 unspecified atom stereocenters. The summed E-state index contributed by atoms with van der Waals surface area (Å²) in [6, 6.07) is 33.2. The Kier molecular flexibility index (Phi) is 5.50. The van der Waals surface area contributed by atoms with Crippen LogP contribution in [0.5, 0.6) is 0 Å². The van der Waals surface area contributed by atoms with Crippen molar-refractivity contribution in [2.45, 2.75) is 77.1 Å². The largest absolute Gasteiger partial charge is 0.335 e. The van der Waals surface area contributed by atoms with E-state index in [1.807, 2.05) is 0 Å². The number of para-hydroxylation sites is 1. The van der Waals surface area contributed by atoms with E-state index in [-0.39, 0.29) is 11.0 Å². The van der Waals surface area contributed by atoms with Gasteiger partial charge < -0.3 is 4.90 Å². The predicted octanol–water partition coefficient (Wildman–Crippen LogP) is 10.3. The van der Waals surface area contributed by atoms with Crippen molar-refractivity contribution >= 4 is 11.4 Å². The zero-order valence-electron chi connectivity index (χ0n) is 23.9. The molecule has 0 radical (unpaired) electrons. The van der Waals surface area contributed by atoms with Crippen LogP contribution in [0.2, 0.25) is 0 Å². The lowest BCUT2D eigenvalue weighted by Crippen LogP contribution is -2.38. The van der Waals surface area contributed by atoms with Gasteiger partial charge in [-0.3, -0.25) is 0 Å². The average Bonchev–Trinajstić information content (AvgIpc) is 3.44. The first-order valence-corrected chi connectivity index (χ1v) is 13.8. The van der Waals surface area contributed by atoms with Crippen molar-refractivity contribution in [2.24, 2.45) is 0 Å².